The summed E-state index contributed by atoms with van der Waals surface area (Å²) in [5.74, 6) is 2.06. The summed E-state index contributed by atoms with van der Waals surface area (Å²) in [5, 5.41) is 2.56. The number of ether oxygens (including phenoxy) is 1. The molecule has 1 nitrogen and oxygen atoms in total. The van der Waals surface area contributed by atoms with Gasteiger partial charge in [0.05, 0.1) is 0 Å². The van der Waals surface area contributed by atoms with Gasteiger partial charge in [-0.15, -0.1) is 0 Å². The van der Waals surface area contributed by atoms with Crippen molar-refractivity contribution >= 4 is 16.8 Å². The Morgan fingerprint density at radius 2 is 1.94 bits per heavy atom. The third kappa shape index (κ3) is 1.40. The highest BCUT2D eigenvalue weighted by atomic mass is 16.5. The van der Waals surface area contributed by atoms with Gasteiger partial charge in [0.1, 0.15) is 11.5 Å². The largest absolute Gasteiger partial charge is 0.457 e. The molecule has 0 bridgehead atoms. The van der Waals surface area contributed by atoms with E-state index in [-0.39, 0.29) is 0 Å². The maximum Gasteiger partial charge on any atom is 0.135 e. The van der Waals surface area contributed by atoms with Crippen LogP contribution in [0, 0.1) is 0 Å². The summed E-state index contributed by atoms with van der Waals surface area (Å²) >= 11 is 0. The average Bonchev–Trinajstić information content (AvgIpc) is 2.45. The zero-order valence-electron chi connectivity index (χ0n) is 10.1. The summed E-state index contributed by atoms with van der Waals surface area (Å²) in [4.78, 5) is 0. The number of rotatable bonds is 0. The van der Waals surface area contributed by atoms with E-state index < -0.39 is 0 Å². The molecular formula is C17H14O. The third-order valence-electron chi connectivity index (χ3n) is 3.77. The van der Waals surface area contributed by atoms with Gasteiger partial charge in [0.25, 0.3) is 0 Å². The first kappa shape index (κ1) is 9.95. The Bertz CT molecular complexity index is 692. The molecule has 0 fully saturated rings. The highest BCUT2D eigenvalue weighted by Gasteiger charge is 2.20. The molecule has 0 saturated carbocycles. The van der Waals surface area contributed by atoms with Crippen molar-refractivity contribution in [2.75, 3.05) is 0 Å². The molecule has 4 rings (SSSR count). The minimum Gasteiger partial charge on any atom is -0.457 e. The van der Waals surface area contributed by atoms with Crippen molar-refractivity contribution in [1.82, 2.24) is 0 Å². The molecule has 0 N–H and O–H groups in total. The van der Waals surface area contributed by atoms with E-state index in [9.17, 15) is 0 Å². The van der Waals surface area contributed by atoms with Crippen molar-refractivity contribution in [3.05, 3.63) is 59.4 Å². The van der Waals surface area contributed by atoms with Crippen LogP contribution in [-0.2, 0) is 0 Å². The highest BCUT2D eigenvalue weighted by molar-refractivity contribution is 5.94. The number of benzene rings is 2. The Kier molecular flexibility index (Phi) is 2.07. The molecule has 0 saturated heterocycles. The minimum absolute atomic E-state index is 0.991. The second-order valence-corrected chi connectivity index (χ2v) is 4.93. The van der Waals surface area contributed by atoms with Crippen LogP contribution in [0.2, 0.25) is 0 Å². The fourth-order valence-electron chi connectivity index (χ4n) is 2.84. The summed E-state index contributed by atoms with van der Waals surface area (Å²) in [7, 11) is 0. The highest BCUT2D eigenvalue weighted by Crippen LogP contribution is 2.39. The predicted molar refractivity (Wildman–Crippen MR) is 74.5 cm³/mol. The monoisotopic (exact) mass is 234 g/mol. The Labute approximate surface area is 106 Å². The first-order valence-corrected chi connectivity index (χ1v) is 6.52. The second kappa shape index (κ2) is 3.74. The van der Waals surface area contributed by atoms with Crippen LogP contribution in [0.25, 0.3) is 16.8 Å². The maximum absolute atomic E-state index is 6.04. The van der Waals surface area contributed by atoms with Crippen LogP contribution in [0.4, 0.5) is 0 Å². The molecule has 2 aromatic rings. The predicted octanol–water partition coefficient (Wildman–Crippen LogP) is 4.68. The van der Waals surface area contributed by atoms with Crippen LogP contribution in [0.1, 0.15) is 24.8 Å². The minimum atomic E-state index is 0.991. The van der Waals surface area contributed by atoms with E-state index >= 15 is 0 Å². The van der Waals surface area contributed by atoms with Crippen molar-refractivity contribution in [3.8, 4) is 5.75 Å². The van der Waals surface area contributed by atoms with Crippen LogP contribution in [-0.4, -0.2) is 0 Å². The molecule has 1 heterocycles. The molecule has 88 valence electrons. The van der Waals surface area contributed by atoms with Crippen molar-refractivity contribution < 1.29 is 4.74 Å². The van der Waals surface area contributed by atoms with Gasteiger partial charge in [-0.2, -0.15) is 0 Å². The topological polar surface area (TPSA) is 9.23 Å². The van der Waals surface area contributed by atoms with E-state index in [4.69, 9.17) is 4.74 Å². The van der Waals surface area contributed by atoms with E-state index in [1.807, 2.05) is 0 Å². The zero-order chi connectivity index (χ0) is 11.9. The summed E-state index contributed by atoms with van der Waals surface area (Å²) in [6.07, 6.45) is 8.03. The maximum atomic E-state index is 6.04. The lowest BCUT2D eigenvalue weighted by Gasteiger charge is -2.24. The Morgan fingerprint density at radius 1 is 1.00 bits per heavy atom. The van der Waals surface area contributed by atoms with Crippen molar-refractivity contribution in [1.29, 1.82) is 0 Å². The fourth-order valence-corrected chi connectivity index (χ4v) is 2.84. The first-order valence-electron chi connectivity index (χ1n) is 6.52. The molecule has 0 spiro atoms. The number of allylic oxidation sites excluding steroid dienone is 2. The number of fused-ring (bicyclic) bond motifs is 4. The lowest BCUT2D eigenvalue weighted by atomic mass is 9.93. The van der Waals surface area contributed by atoms with Crippen LogP contribution >= 0.6 is 0 Å². The summed E-state index contributed by atoms with van der Waals surface area (Å²) in [6, 6.07) is 12.7. The van der Waals surface area contributed by atoms with E-state index in [0.29, 0.717) is 0 Å². The molecule has 0 atom stereocenters. The quantitative estimate of drug-likeness (QED) is 0.643. The smallest absolute Gasteiger partial charge is 0.135 e. The molecule has 18 heavy (non-hydrogen) atoms. The van der Waals surface area contributed by atoms with Crippen LogP contribution < -0.4 is 4.74 Å². The lowest BCUT2D eigenvalue weighted by Crippen LogP contribution is -2.08. The van der Waals surface area contributed by atoms with Gasteiger partial charge in [-0.05, 0) is 53.8 Å². The molecule has 1 heteroatoms. The SMILES string of the molecule is C1=C2CCCC=C2Oc2ccc3ccccc3c21. The summed E-state index contributed by atoms with van der Waals surface area (Å²) < 4.78 is 6.04. The van der Waals surface area contributed by atoms with E-state index in [2.05, 4.69) is 48.6 Å². The van der Waals surface area contributed by atoms with Crippen LogP contribution in [0.3, 0.4) is 0 Å². The van der Waals surface area contributed by atoms with E-state index in [1.54, 1.807) is 0 Å². The van der Waals surface area contributed by atoms with Gasteiger partial charge in [0, 0.05) is 5.56 Å². The Morgan fingerprint density at radius 3 is 2.94 bits per heavy atom. The summed E-state index contributed by atoms with van der Waals surface area (Å²) in [6.45, 7) is 0. The molecule has 2 aromatic carbocycles. The number of hydrogen-bond acceptors (Lipinski definition) is 1. The van der Waals surface area contributed by atoms with Crippen molar-refractivity contribution in [3.63, 3.8) is 0 Å². The van der Waals surface area contributed by atoms with Gasteiger partial charge >= 0.3 is 0 Å². The third-order valence-corrected chi connectivity index (χ3v) is 3.77. The van der Waals surface area contributed by atoms with Gasteiger partial charge in [-0.3, -0.25) is 0 Å². The first-order chi connectivity index (χ1) is 8.92. The normalized spacial score (nSPS) is 17.3. The molecule has 0 radical (unpaired) electrons. The standard InChI is InChI=1S/C17H14O/c1-3-7-14-12(5-1)9-10-17-15(14)11-13-6-2-4-8-16(13)18-17/h1,3,5,7-11H,2,4,6H2. The van der Waals surface area contributed by atoms with Crippen molar-refractivity contribution in [2.24, 2.45) is 0 Å². The second-order valence-electron chi connectivity index (χ2n) is 4.93. The Hall–Kier alpha value is -2.02. The van der Waals surface area contributed by atoms with Gasteiger partial charge in [0.15, 0.2) is 0 Å². The zero-order valence-corrected chi connectivity index (χ0v) is 10.1. The van der Waals surface area contributed by atoms with E-state index in [1.165, 1.54) is 28.3 Å². The molecule has 0 unspecified atom stereocenters. The molecule has 2 aliphatic rings. The molecular weight excluding hydrogens is 220 g/mol. The average molecular weight is 234 g/mol. The number of hydrogen-bond donors (Lipinski definition) is 0. The van der Waals surface area contributed by atoms with Crippen molar-refractivity contribution in [2.45, 2.75) is 19.3 Å². The van der Waals surface area contributed by atoms with E-state index in [0.717, 1.165) is 24.4 Å². The van der Waals surface area contributed by atoms with Gasteiger partial charge in [0.2, 0.25) is 0 Å². The van der Waals surface area contributed by atoms with Gasteiger partial charge < -0.3 is 4.74 Å². The molecule has 1 aliphatic heterocycles. The van der Waals surface area contributed by atoms with Crippen LogP contribution in [0.15, 0.2) is 53.8 Å². The molecule has 0 aromatic heterocycles. The summed E-state index contributed by atoms with van der Waals surface area (Å²) in [5.41, 5.74) is 2.59. The lowest BCUT2D eigenvalue weighted by molar-refractivity contribution is 0.416. The van der Waals surface area contributed by atoms with Gasteiger partial charge in [-0.25, -0.2) is 0 Å². The Balaban J connectivity index is 2.01. The molecule has 0 amide bonds. The van der Waals surface area contributed by atoms with Crippen LogP contribution in [0.5, 0.6) is 5.75 Å². The fraction of sp³-hybridized carbons (Fsp3) is 0.176. The molecule has 1 aliphatic carbocycles. The van der Waals surface area contributed by atoms with Gasteiger partial charge in [-0.1, -0.05) is 30.3 Å².